The van der Waals surface area contributed by atoms with E-state index in [4.69, 9.17) is 11.6 Å². The minimum atomic E-state index is 0.217. The minimum absolute atomic E-state index is 0.217. The molecule has 0 saturated carbocycles. The largest absolute Gasteiger partial charge is 0.506 e. The molecule has 2 rings (SSSR count). The summed E-state index contributed by atoms with van der Waals surface area (Å²) in [5, 5.41) is 13.4. The van der Waals surface area contributed by atoms with E-state index in [-0.39, 0.29) is 5.75 Å². The summed E-state index contributed by atoms with van der Waals surface area (Å²) >= 11 is 5.97. The molecule has 0 aliphatic carbocycles. The Morgan fingerprint density at radius 1 is 1.33 bits per heavy atom. The van der Waals surface area contributed by atoms with E-state index in [1.165, 1.54) is 5.56 Å². The maximum atomic E-state index is 9.58. The van der Waals surface area contributed by atoms with E-state index < -0.39 is 0 Å². The molecule has 82 valence electrons. The molecule has 2 N–H and O–H groups in total. The summed E-state index contributed by atoms with van der Waals surface area (Å²) in [7, 11) is 0. The average molecular weight is 226 g/mol. The predicted molar refractivity (Wildman–Crippen MR) is 62.7 cm³/mol. The molecule has 0 atom stereocenters. The number of phenols is 1. The molecule has 0 aromatic heterocycles. The molecule has 0 radical (unpaired) electrons. The molecule has 1 fully saturated rings. The van der Waals surface area contributed by atoms with Gasteiger partial charge in [0.25, 0.3) is 0 Å². The van der Waals surface area contributed by atoms with Gasteiger partial charge in [0.15, 0.2) is 0 Å². The molecule has 1 aromatic carbocycles. The Balaban J connectivity index is 2.27. The Labute approximate surface area is 95.3 Å². The van der Waals surface area contributed by atoms with Crippen LogP contribution in [-0.4, -0.2) is 18.2 Å². The van der Waals surface area contributed by atoms with Crippen LogP contribution in [0.15, 0.2) is 12.1 Å². The van der Waals surface area contributed by atoms with Gasteiger partial charge in [-0.2, -0.15) is 0 Å². The molecule has 0 amide bonds. The maximum absolute atomic E-state index is 9.58. The molecular formula is C12H16ClNO. The molecular weight excluding hydrogens is 210 g/mol. The quantitative estimate of drug-likeness (QED) is 0.771. The van der Waals surface area contributed by atoms with Crippen molar-refractivity contribution in [2.75, 3.05) is 13.1 Å². The molecule has 1 aromatic rings. The standard InChI is InChI=1S/C12H16ClNO/c1-8-6-10(7-11(13)12(8)15)9-2-4-14-5-3-9/h6-7,9,14-15H,2-5H2,1H3. The summed E-state index contributed by atoms with van der Waals surface area (Å²) in [6, 6.07) is 3.96. The molecule has 3 heteroatoms. The number of nitrogens with one attached hydrogen (secondary N) is 1. The summed E-state index contributed by atoms with van der Waals surface area (Å²) in [5.41, 5.74) is 2.13. The van der Waals surface area contributed by atoms with Crippen molar-refractivity contribution in [3.63, 3.8) is 0 Å². The highest BCUT2D eigenvalue weighted by Crippen LogP contribution is 2.34. The SMILES string of the molecule is Cc1cc(C2CCNCC2)cc(Cl)c1O. The van der Waals surface area contributed by atoms with Gasteiger partial charge in [-0.05, 0) is 56.0 Å². The topological polar surface area (TPSA) is 32.3 Å². The Bertz CT molecular complexity index is 336. The van der Waals surface area contributed by atoms with Gasteiger partial charge in [0, 0.05) is 0 Å². The van der Waals surface area contributed by atoms with Gasteiger partial charge in [-0.25, -0.2) is 0 Å². The third kappa shape index (κ3) is 2.27. The van der Waals surface area contributed by atoms with Crippen LogP contribution < -0.4 is 5.32 Å². The van der Waals surface area contributed by atoms with Gasteiger partial charge in [0.1, 0.15) is 5.75 Å². The van der Waals surface area contributed by atoms with E-state index in [0.717, 1.165) is 31.5 Å². The lowest BCUT2D eigenvalue weighted by atomic mass is 9.89. The van der Waals surface area contributed by atoms with Gasteiger partial charge in [-0.15, -0.1) is 0 Å². The van der Waals surface area contributed by atoms with Crippen LogP contribution in [0.5, 0.6) is 5.75 Å². The Hall–Kier alpha value is -0.730. The molecule has 0 bridgehead atoms. The lowest BCUT2D eigenvalue weighted by Gasteiger charge is -2.23. The van der Waals surface area contributed by atoms with Gasteiger partial charge in [-0.3, -0.25) is 0 Å². The summed E-state index contributed by atoms with van der Waals surface area (Å²) < 4.78 is 0. The zero-order valence-corrected chi connectivity index (χ0v) is 9.64. The highest BCUT2D eigenvalue weighted by Gasteiger charge is 2.17. The van der Waals surface area contributed by atoms with Gasteiger partial charge in [0.2, 0.25) is 0 Å². The van der Waals surface area contributed by atoms with Gasteiger partial charge in [0.05, 0.1) is 5.02 Å². The van der Waals surface area contributed by atoms with E-state index in [2.05, 4.69) is 11.4 Å². The van der Waals surface area contributed by atoms with Crippen LogP contribution in [0.3, 0.4) is 0 Å². The van der Waals surface area contributed by atoms with E-state index in [1.807, 2.05) is 13.0 Å². The molecule has 15 heavy (non-hydrogen) atoms. The van der Waals surface area contributed by atoms with Crippen LogP contribution >= 0.6 is 11.6 Å². The van der Waals surface area contributed by atoms with Crippen molar-refractivity contribution in [2.45, 2.75) is 25.7 Å². The van der Waals surface area contributed by atoms with Crippen molar-refractivity contribution in [2.24, 2.45) is 0 Å². The Morgan fingerprint density at radius 3 is 2.60 bits per heavy atom. The molecule has 1 aliphatic heterocycles. The molecule has 1 saturated heterocycles. The highest BCUT2D eigenvalue weighted by atomic mass is 35.5. The summed E-state index contributed by atoms with van der Waals surface area (Å²) in [5.74, 6) is 0.803. The first-order chi connectivity index (χ1) is 7.18. The highest BCUT2D eigenvalue weighted by molar-refractivity contribution is 6.32. The summed E-state index contributed by atoms with van der Waals surface area (Å²) in [4.78, 5) is 0. The first kappa shape index (κ1) is 10.8. The second-order valence-corrected chi connectivity index (χ2v) is 4.60. The molecule has 0 unspecified atom stereocenters. The lowest BCUT2D eigenvalue weighted by molar-refractivity contribution is 0.455. The Kier molecular flexibility index (Phi) is 3.17. The van der Waals surface area contributed by atoms with E-state index in [9.17, 15) is 5.11 Å². The van der Waals surface area contributed by atoms with Gasteiger partial charge in [-0.1, -0.05) is 17.7 Å². The fraction of sp³-hybridized carbons (Fsp3) is 0.500. The van der Waals surface area contributed by atoms with Crippen LogP contribution in [0.1, 0.15) is 29.9 Å². The number of hydrogen-bond donors (Lipinski definition) is 2. The Morgan fingerprint density at radius 2 is 2.00 bits per heavy atom. The molecule has 1 aliphatic rings. The lowest BCUT2D eigenvalue weighted by Crippen LogP contribution is -2.26. The number of rotatable bonds is 1. The normalized spacial score (nSPS) is 18.0. The number of hydrogen-bond acceptors (Lipinski definition) is 2. The van der Waals surface area contributed by atoms with Crippen molar-refractivity contribution < 1.29 is 5.11 Å². The number of halogens is 1. The zero-order valence-electron chi connectivity index (χ0n) is 8.89. The monoisotopic (exact) mass is 225 g/mol. The number of aryl methyl sites for hydroxylation is 1. The second-order valence-electron chi connectivity index (χ2n) is 4.19. The summed E-state index contributed by atoms with van der Waals surface area (Å²) in [6.45, 7) is 4.04. The smallest absolute Gasteiger partial charge is 0.137 e. The molecule has 0 spiro atoms. The predicted octanol–water partition coefficient (Wildman–Crippen LogP) is 2.82. The van der Waals surface area contributed by atoms with E-state index in [0.29, 0.717) is 10.9 Å². The summed E-state index contributed by atoms with van der Waals surface area (Å²) in [6.07, 6.45) is 2.31. The van der Waals surface area contributed by atoms with Crippen molar-refractivity contribution in [3.05, 3.63) is 28.3 Å². The molecule has 1 heterocycles. The van der Waals surface area contributed by atoms with Crippen LogP contribution in [0.2, 0.25) is 5.02 Å². The van der Waals surface area contributed by atoms with Crippen molar-refractivity contribution in [1.29, 1.82) is 0 Å². The number of phenolic OH excluding ortho intramolecular Hbond substituents is 1. The fourth-order valence-corrected chi connectivity index (χ4v) is 2.43. The first-order valence-electron chi connectivity index (χ1n) is 5.38. The fourth-order valence-electron chi connectivity index (χ4n) is 2.15. The number of piperidine rings is 1. The van der Waals surface area contributed by atoms with Crippen LogP contribution in [0.4, 0.5) is 0 Å². The number of aromatic hydroxyl groups is 1. The van der Waals surface area contributed by atoms with Gasteiger partial charge >= 0.3 is 0 Å². The van der Waals surface area contributed by atoms with Gasteiger partial charge < -0.3 is 10.4 Å². The van der Waals surface area contributed by atoms with E-state index in [1.54, 1.807) is 0 Å². The number of benzene rings is 1. The van der Waals surface area contributed by atoms with Crippen molar-refractivity contribution in [1.82, 2.24) is 5.32 Å². The third-order valence-corrected chi connectivity index (χ3v) is 3.37. The molecule has 2 nitrogen and oxygen atoms in total. The van der Waals surface area contributed by atoms with Crippen LogP contribution in [0.25, 0.3) is 0 Å². The zero-order chi connectivity index (χ0) is 10.8. The van der Waals surface area contributed by atoms with E-state index >= 15 is 0 Å². The second kappa shape index (κ2) is 4.42. The van der Waals surface area contributed by atoms with Crippen molar-refractivity contribution >= 4 is 11.6 Å². The maximum Gasteiger partial charge on any atom is 0.137 e. The third-order valence-electron chi connectivity index (χ3n) is 3.09. The minimum Gasteiger partial charge on any atom is -0.506 e. The average Bonchev–Trinajstić information content (AvgIpc) is 2.26. The van der Waals surface area contributed by atoms with Crippen molar-refractivity contribution in [3.8, 4) is 5.75 Å². The first-order valence-corrected chi connectivity index (χ1v) is 5.76. The van der Waals surface area contributed by atoms with Crippen LogP contribution in [-0.2, 0) is 0 Å². The van der Waals surface area contributed by atoms with Crippen LogP contribution in [0, 0.1) is 6.92 Å².